The lowest BCUT2D eigenvalue weighted by molar-refractivity contribution is -0.144. The number of aliphatic carboxylic acids is 1. The smallest absolute Gasteiger partial charge is 0.322 e. The number of anilines is 2. The molecule has 0 saturated carbocycles. The van der Waals surface area contributed by atoms with Crippen LogP contribution in [0.3, 0.4) is 0 Å². The zero-order valence-corrected chi connectivity index (χ0v) is 25.9. The van der Waals surface area contributed by atoms with E-state index in [9.17, 15) is 23.9 Å². The number of carboxylic acid groups (broad SMARTS) is 1. The molecule has 0 bridgehead atoms. The fourth-order valence-electron chi connectivity index (χ4n) is 6.15. The maximum absolute atomic E-state index is 15.0. The number of piperidine rings is 1. The van der Waals surface area contributed by atoms with E-state index in [0.29, 0.717) is 61.7 Å². The molecule has 0 radical (unpaired) electrons. The van der Waals surface area contributed by atoms with Crippen LogP contribution in [0, 0.1) is 35.8 Å². The first-order valence-corrected chi connectivity index (χ1v) is 15.4. The number of carboxylic acids is 1. The Bertz CT molecular complexity index is 1940. The summed E-state index contributed by atoms with van der Waals surface area (Å²) in [7, 11) is 0. The van der Waals surface area contributed by atoms with Crippen LogP contribution < -0.4 is 15.4 Å². The van der Waals surface area contributed by atoms with Crippen LogP contribution in [0.25, 0.3) is 16.9 Å². The van der Waals surface area contributed by atoms with Crippen molar-refractivity contribution in [2.24, 2.45) is 5.92 Å². The molecule has 3 N–H and O–H groups in total. The Morgan fingerprint density at radius 2 is 1.90 bits per heavy atom. The first-order valence-electron chi connectivity index (χ1n) is 15.4. The fraction of sp³-hybridized carbons (Fsp3) is 0.333. The van der Waals surface area contributed by atoms with Gasteiger partial charge in [0.2, 0.25) is 11.7 Å². The Hall–Kier alpha value is -5.62. The highest BCUT2D eigenvalue weighted by Gasteiger charge is 2.34. The molecular formula is C33H32F2N8O5. The van der Waals surface area contributed by atoms with Crippen LogP contribution in [0.1, 0.15) is 28.8 Å². The predicted molar refractivity (Wildman–Crippen MR) is 169 cm³/mol. The first-order chi connectivity index (χ1) is 23.2. The van der Waals surface area contributed by atoms with Crippen molar-refractivity contribution in [1.82, 2.24) is 29.5 Å². The van der Waals surface area contributed by atoms with E-state index in [1.807, 2.05) is 6.92 Å². The number of rotatable bonds is 8. The molecule has 2 aromatic heterocycles. The summed E-state index contributed by atoms with van der Waals surface area (Å²) < 4.78 is 36.1. The van der Waals surface area contributed by atoms with Crippen molar-refractivity contribution < 1.29 is 33.0 Å². The molecule has 2 amide bonds. The molecule has 4 heterocycles. The van der Waals surface area contributed by atoms with E-state index in [4.69, 9.17) is 10.00 Å². The third-order valence-corrected chi connectivity index (χ3v) is 8.68. The molecule has 1 atom stereocenters. The van der Waals surface area contributed by atoms with Crippen LogP contribution >= 0.6 is 0 Å². The normalized spacial score (nSPS) is 16.8. The summed E-state index contributed by atoms with van der Waals surface area (Å²) in [6.45, 7) is 3.25. The van der Waals surface area contributed by atoms with Crippen molar-refractivity contribution in [3.8, 4) is 23.1 Å². The van der Waals surface area contributed by atoms with Crippen LogP contribution in [0.5, 0.6) is 5.75 Å². The van der Waals surface area contributed by atoms with Gasteiger partial charge in [-0.25, -0.2) is 14.4 Å². The van der Waals surface area contributed by atoms with E-state index in [2.05, 4.69) is 20.6 Å². The molecule has 4 aromatic rings. The van der Waals surface area contributed by atoms with Gasteiger partial charge in [-0.05, 0) is 55.7 Å². The van der Waals surface area contributed by atoms with Crippen LogP contribution in [0.2, 0.25) is 0 Å². The quantitative estimate of drug-likeness (QED) is 0.256. The van der Waals surface area contributed by atoms with Gasteiger partial charge < -0.3 is 30.3 Å². The van der Waals surface area contributed by atoms with Crippen molar-refractivity contribution in [2.45, 2.75) is 25.8 Å². The van der Waals surface area contributed by atoms with E-state index < -0.39 is 30.3 Å². The molecule has 48 heavy (non-hydrogen) atoms. The first kappa shape index (κ1) is 32.3. The van der Waals surface area contributed by atoms with Gasteiger partial charge in [0.25, 0.3) is 5.91 Å². The van der Waals surface area contributed by atoms with Crippen LogP contribution in [-0.2, 0) is 9.59 Å². The van der Waals surface area contributed by atoms with E-state index >= 15 is 4.39 Å². The molecule has 2 aromatic carbocycles. The zero-order valence-electron chi connectivity index (χ0n) is 25.9. The second-order valence-electron chi connectivity index (χ2n) is 11.6. The van der Waals surface area contributed by atoms with E-state index in [0.717, 1.165) is 5.56 Å². The number of aromatic nitrogens is 3. The van der Waals surface area contributed by atoms with E-state index in [1.54, 1.807) is 44.7 Å². The van der Waals surface area contributed by atoms with Gasteiger partial charge in [-0.15, -0.1) is 0 Å². The molecule has 2 saturated heterocycles. The van der Waals surface area contributed by atoms with Gasteiger partial charge in [0.1, 0.15) is 12.1 Å². The summed E-state index contributed by atoms with van der Waals surface area (Å²) in [5.74, 6) is -3.81. The van der Waals surface area contributed by atoms with Gasteiger partial charge in [0.15, 0.2) is 29.6 Å². The number of likely N-dealkylation sites (tertiary alicyclic amines) is 1. The van der Waals surface area contributed by atoms with Gasteiger partial charge in [-0.3, -0.25) is 18.8 Å². The predicted octanol–water partition coefficient (Wildman–Crippen LogP) is 3.37. The highest BCUT2D eigenvalue weighted by atomic mass is 19.2. The lowest BCUT2D eigenvalue weighted by Crippen LogP contribution is -2.57. The molecule has 2 aliphatic rings. The average Bonchev–Trinajstić information content (AvgIpc) is 3.53. The molecule has 0 aliphatic carbocycles. The van der Waals surface area contributed by atoms with E-state index in [1.165, 1.54) is 24.5 Å². The molecular weight excluding hydrogens is 626 g/mol. The number of carbonyl (C=O) groups is 3. The van der Waals surface area contributed by atoms with Crippen molar-refractivity contribution in [1.29, 1.82) is 5.26 Å². The number of hydrogen-bond donors (Lipinski definition) is 3. The zero-order chi connectivity index (χ0) is 33.9. The molecule has 6 rings (SSSR count). The number of hydrogen-bond acceptors (Lipinski definition) is 9. The van der Waals surface area contributed by atoms with Gasteiger partial charge in [-0.2, -0.15) is 9.65 Å². The second-order valence-corrected chi connectivity index (χ2v) is 11.6. The number of piperazine rings is 1. The number of aryl methyl sites for hydroxylation is 1. The highest BCUT2D eigenvalue weighted by molar-refractivity contribution is 5.96. The Balaban J connectivity index is 1.12. The number of amides is 2. The molecule has 13 nitrogen and oxygen atoms in total. The molecule has 2 fully saturated rings. The van der Waals surface area contributed by atoms with Crippen molar-refractivity contribution in [3.63, 3.8) is 0 Å². The fourth-order valence-corrected chi connectivity index (χ4v) is 6.15. The number of fused-ring (bicyclic) bond motifs is 1. The van der Waals surface area contributed by atoms with Crippen LogP contribution in [0.15, 0.2) is 48.9 Å². The number of carbonyl (C=O) groups excluding carboxylic acids is 2. The average molecular weight is 659 g/mol. The summed E-state index contributed by atoms with van der Waals surface area (Å²) in [5.41, 5.74) is 2.45. The van der Waals surface area contributed by atoms with Gasteiger partial charge in [-0.1, -0.05) is 0 Å². The van der Waals surface area contributed by atoms with Gasteiger partial charge in [0, 0.05) is 67.8 Å². The largest absolute Gasteiger partial charge is 0.480 e. The summed E-state index contributed by atoms with van der Waals surface area (Å²) in [6.07, 6.45) is 5.47. The standard InChI is InChI=1S/C33H32F2N8O5/c1-19-16-21(2-3-22(19)32(45)41-11-6-20(7-12-41)31(44)42-13-9-37-24(18-42)33(46)47)40-29-30-39-17-25(43(30)14-10-38-29)23-4-5-26(48-15-8-36)28(35)27(23)34/h2-5,10,14,16-17,20,24,37H,6-7,9,11-13,15,18H2,1H3,(H,38,40)(H,46,47)/t24-/m0/s1. The summed E-state index contributed by atoms with van der Waals surface area (Å²) >= 11 is 0. The number of halogens is 2. The third-order valence-electron chi connectivity index (χ3n) is 8.68. The number of nitrogens with zero attached hydrogens (tertiary/aromatic N) is 6. The lowest BCUT2D eigenvalue weighted by Gasteiger charge is -2.37. The van der Waals surface area contributed by atoms with Gasteiger partial charge in [0.05, 0.1) is 11.9 Å². The molecule has 15 heteroatoms. The minimum atomic E-state index is -1.21. The van der Waals surface area contributed by atoms with Gasteiger partial charge >= 0.3 is 5.97 Å². The minimum absolute atomic E-state index is 0.0517. The number of ether oxygens (including phenoxy) is 1. The number of nitriles is 1. The third kappa shape index (κ3) is 6.34. The van der Waals surface area contributed by atoms with Crippen LogP contribution in [-0.4, -0.2) is 92.4 Å². The Kier molecular flexibility index (Phi) is 9.17. The Labute approximate surface area is 273 Å². The Morgan fingerprint density at radius 3 is 2.62 bits per heavy atom. The summed E-state index contributed by atoms with van der Waals surface area (Å²) in [4.78, 5) is 50.0. The number of benzene rings is 2. The summed E-state index contributed by atoms with van der Waals surface area (Å²) in [5, 5.41) is 24.1. The topological polar surface area (TPSA) is 165 Å². The SMILES string of the molecule is Cc1cc(Nc2nccn3c(-c4ccc(OCC#N)c(F)c4F)cnc23)ccc1C(=O)N1CCC(C(=O)N2CCN[C@H](C(=O)O)C2)CC1. The van der Waals surface area contributed by atoms with E-state index in [-0.39, 0.29) is 41.3 Å². The number of imidazole rings is 1. The second kappa shape index (κ2) is 13.6. The maximum atomic E-state index is 15.0. The molecule has 248 valence electrons. The summed E-state index contributed by atoms with van der Waals surface area (Å²) in [6, 6.07) is 8.80. The molecule has 0 unspecified atom stereocenters. The Morgan fingerprint density at radius 1 is 1.10 bits per heavy atom. The van der Waals surface area contributed by atoms with Crippen molar-refractivity contribution in [2.75, 3.05) is 44.6 Å². The van der Waals surface area contributed by atoms with Crippen molar-refractivity contribution in [3.05, 3.63) is 71.7 Å². The molecule has 2 aliphatic heterocycles. The number of nitrogens with one attached hydrogen (secondary N) is 2. The molecule has 0 spiro atoms. The lowest BCUT2D eigenvalue weighted by atomic mass is 9.94. The minimum Gasteiger partial charge on any atom is -0.480 e. The van der Waals surface area contributed by atoms with Crippen LogP contribution in [0.4, 0.5) is 20.3 Å². The highest BCUT2D eigenvalue weighted by Crippen LogP contribution is 2.32. The maximum Gasteiger partial charge on any atom is 0.322 e. The van der Waals surface area contributed by atoms with Crippen molar-refractivity contribution >= 4 is 34.9 Å². The monoisotopic (exact) mass is 658 g/mol.